The lowest BCUT2D eigenvalue weighted by Gasteiger charge is -2.31. The van der Waals surface area contributed by atoms with Gasteiger partial charge in [-0.3, -0.25) is 9.69 Å². The maximum Gasteiger partial charge on any atom is 0.237 e. The van der Waals surface area contributed by atoms with Crippen molar-refractivity contribution in [2.75, 3.05) is 26.2 Å². The Morgan fingerprint density at radius 3 is 2.81 bits per heavy atom. The van der Waals surface area contributed by atoms with Crippen LogP contribution in [0, 0.1) is 5.92 Å². The quantitative estimate of drug-likeness (QED) is 0.910. The number of hydrogen-bond donors (Lipinski definition) is 1. The van der Waals surface area contributed by atoms with Gasteiger partial charge in [0, 0.05) is 25.7 Å². The van der Waals surface area contributed by atoms with Crippen LogP contribution in [0.3, 0.4) is 0 Å². The Labute approximate surface area is 126 Å². The van der Waals surface area contributed by atoms with Crippen molar-refractivity contribution < 1.29 is 4.79 Å². The maximum atomic E-state index is 12.6. The highest BCUT2D eigenvalue weighted by Gasteiger charge is 2.31. The van der Waals surface area contributed by atoms with Crippen LogP contribution in [0.1, 0.15) is 24.5 Å². The first-order valence-electron chi connectivity index (χ1n) is 7.96. The molecular weight excluding hydrogens is 262 g/mol. The molecule has 0 radical (unpaired) electrons. The van der Waals surface area contributed by atoms with E-state index >= 15 is 0 Å². The summed E-state index contributed by atoms with van der Waals surface area (Å²) in [6.45, 7) is 6.05. The topological polar surface area (TPSA) is 49.6 Å². The van der Waals surface area contributed by atoms with Gasteiger partial charge in [0.25, 0.3) is 0 Å². The fourth-order valence-electron chi connectivity index (χ4n) is 3.59. The van der Waals surface area contributed by atoms with Gasteiger partial charge >= 0.3 is 0 Å². The minimum Gasteiger partial charge on any atom is -0.337 e. The molecule has 0 spiro atoms. The Balaban J connectivity index is 1.60. The van der Waals surface area contributed by atoms with E-state index in [1.807, 2.05) is 4.90 Å². The molecule has 3 rings (SSSR count). The monoisotopic (exact) mass is 287 g/mol. The lowest BCUT2D eigenvalue weighted by Crippen LogP contribution is -2.43. The van der Waals surface area contributed by atoms with Gasteiger partial charge in [0.15, 0.2) is 0 Å². The highest BCUT2D eigenvalue weighted by molar-refractivity contribution is 5.78. The van der Waals surface area contributed by atoms with E-state index in [9.17, 15) is 4.79 Å². The molecule has 4 nitrogen and oxygen atoms in total. The number of nitrogens with two attached hydrogens (primary N) is 1. The normalized spacial score (nSPS) is 25.9. The number of nitrogens with zero attached hydrogens (tertiary/aromatic N) is 2. The van der Waals surface area contributed by atoms with Crippen LogP contribution in [0.25, 0.3) is 0 Å². The molecule has 21 heavy (non-hydrogen) atoms. The fraction of sp³-hybridized carbons (Fsp3) is 0.588. The minimum atomic E-state index is 0.258. The smallest absolute Gasteiger partial charge is 0.237 e. The summed E-state index contributed by atoms with van der Waals surface area (Å²) in [6, 6.07) is 8.92. The summed E-state index contributed by atoms with van der Waals surface area (Å²) in [5.41, 5.74) is 8.45. The number of carbonyl (C=O) groups excluding carboxylic acids is 1. The van der Waals surface area contributed by atoms with E-state index in [0.717, 1.165) is 39.0 Å². The van der Waals surface area contributed by atoms with Gasteiger partial charge in [-0.15, -0.1) is 0 Å². The SMILES string of the molecule is CC1CC(CN)CN1CC(=O)N1CCc2ccccc2C1. The largest absolute Gasteiger partial charge is 0.337 e. The molecule has 0 bridgehead atoms. The Hall–Kier alpha value is -1.39. The van der Waals surface area contributed by atoms with Gasteiger partial charge in [-0.2, -0.15) is 0 Å². The summed E-state index contributed by atoms with van der Waals surface area (Å²) < 4.78 is 0. The third kappa shape index (κ3) is 3.11. The highest BCUT2D eigenvalue weighted by atomic mass is 16.2. The summed E-state index contributed by atoms with van der Waals surface area (Å²) in [5.74, 6) is 0.809. The van der Waals surface area contributed by atoms with Gasteiger partial charge in [0.05, 0.1) is 6.54 Å². The maximum absolute atomic E-state index is 12.6. The Morgan fingerprint density at radius 2 is 2.10 bits per heavy atom. The van der Waals surface area contributed by atoms with E-state index < -0.39 is 0 Å². The fourth-order valence-corrected chi connectivity index (χ4v) is 3.59. The zero-order valence-corrected chi connectivity index (χ0v) is 12.8. The molecule has 0 aromatic heterocycles. The molecular formula is C17H25N3O. The Morgan fingerprint density at radius 1 is 1.33 bits per heavy atom. The molecule has 2 aliphatic rings. The zero-order valence-electron chi connectivity index (χ0n) is 12.8. The molecule has 1 aromatic rings. The van der Waals surface area contributed by atoms with Gasteiger partial charge in [0.2, 0.25) is 5.91 Å². The van der Waals surface area contributed by atoms with Gasteiger partial charge in [-0.25, -0.2) is 0 Å². The summed E-state index contributed by atoms with van der Waals surface area (Å²) >= 11 is 0. The van der Waals surface area contributed by atoms with Crippen LogP contribution < -0.4 is 5.73 Å². The van der Waals surface area contributed by atoms with Crippen LogP contribution in [-0.2, 0) is 17.8 Å². The van der Waals surface area contributed by atoms with Crippen LogP contribution >= 0.6 is 0 Å². The average Bonchev–Trinajstić information content (AvgIpc) is 2.87. The molecule has 2 N–H and O–H groups in total. The second-order valence-corrected chi connectivity index (χ2v) is 6.45. The standard InChI is InChI=1S/C17H25N3O/c1-13-8-14(9-18)10-20(13)12-17(21)19-7-6-15-4-2-3-5-16(15)11-19/h2-5,13-14H,6-12,18H2,1H3. The number of hydrogen-bond acceptors (Lipinski definition) is 3. The van der Waals surface area contributed by atoms with Crippen molar-refractivity contribution >= 4 is 5.91 Å². The van der Waals surface area contributed by atoms with Crippen molar-refractivity contribution in [1.29, 1.82) is 0 Å². The van der Waals surface area contributed by atoms with Crippen molar-refractivity contribution in [3.8, 4) is 0 Å². The summed E-state index contributed by atoms with van der Waals surface area (Å²) in [7, 11) is 0. The summed E-state index contributed by atoms with van der Waals surface area (Å²) in [4.78, 5) is 16.9. The van der Waals surface area contributed by atoms with Gasteiger partial charge in [-0.05, 0) is 43.4 Å². The van der Waals surface area contributed by atoms with E-state index in [2.05, 4.69) is 36.1 Å². The lowest BCUT2D eigenvalue weighted by molar-refractivity contribution is -0.133. The second-order valence-electron chi connectivity index (χ2n) is 6.45. The first-order chi connectivity index (χ1) is 10.2. The van der Waals surface area contributed by atoms with Crippen molar-refractivity contribution in [1.82, 2.24) is 9.80 Å². The minimum absolute atomic E-state index is 0.258. The third-order valence-corrected chi connectivity index (χ3v) is 4.95. The number of likely N-dealkylation sites (tertiary alicyclic amines) is 1. The summed E-state index contributed by atoms with van der Waals surface area (Å²) in [6.07, 6.45) is 2.09. The number of carbonyl (C=O) groups is 1. The van der Waals surface area contributed by atoms with Gasteiger partial charge in [-0.1, -0.05) is 24.3 Å². The first-order valence-corrected chi connectivity index (χ1v) is 7.96. The molecule has 0 saturated carbocycles. The molecule has 2 aliphatic heterocycles. The van der Waals surface area contributed by atoms with Gasteiger partial charge in [0.1, 0.15) is 0 Å². The number of amides is 1. The van der Waals surface area contributed by atoms with E-state index in [4.69, 9.17) is 5.73 Å². The highest BCUT2D eigenvalue weighted by Crippen LogP contribution is 2.23. The summed E-state index contributed by atoms with van der Waals surface area (Å²) in [5, 5.41) is 0. The van der Waals surface area contributed by atoms with Crippen molar-refractivity contribution in [3.63, 3.8) is 0 Å². The average molecular weight is 287 g/mol. The molecule has 1 saturated heterocycles. The number of rotatable bonds is 3. The molecule has 1 aromatic carbocycles. The molecule has 0 aliphatic carbocycles. The first kappa shape index (κ1) is 14.5. The van der Waals surface area contributed by atoms with E-state index in [0.29, 0.717) is 18.5 Å². The number of benzene rings is 1. The predicted octanol–water partition coefficient (Wildman–Crippen LogP) is 1.24. The van der Waals surface area contributed by atoms with Crippen molar-refractivity contribution in [3.05, 3.63) is 35.4 Å². The van der Waals surface area contributed by atoms with Crippen LogP contribution in [0.5, 0.6) is 0 Å². The molecule has 114 valence electrons. The van der Waals surface area contributed by atoms with Crippen LogP contribution in [0.2, 0.25) is 0 Å². The molecule has 2 atom stereocenters. The van der Waals surface area contributed by atoms with Crippen LogP contribution in [-0.4, -0.2) is 47.9 Å². The Kier molecular flexibility index (Phi) is 4.27. The Bertz CT molecular complexity index is 517. The lowest BCUT2D eigenvalue weighted by atomic mass is 10.00. The predicted molar refractivity (Wildman–Crippen MR) is 83.8 cm³/mol. The molecule has 2 heterocycles. The molecule has 1 fully saturated rings. The van der Waals surface area contributed by atoms with Crippen molar-refractivity contribution in [2.24, 2.45) is 11.7 Å². The second kappa shape index (κ2) is 6.16. The van der Waals surface area contributed by atoms with Crippen molar-refractivity contribution in [2.45, 2.75) is 32.4 Å². The molecule has 4 heteroatoms. The third-order valence-electron chi connectivity index (χ3n) is 4.95. The molecule has 2 unspecified atom stereocenters. The number of fused-ring (bicyclic) bond motifs is 1. The van der Waals surface area contributed by atoms with E-state index in [-0.39, 0.29) is 5.91 Å². The van der Waals surface area contributed by atoms with Gasteiger partial charge < -0.3 is 10.6 Å². The molecule has 1 amide bonds. The van der Waals surface area contributed by atoms with E-state index in [1.165, 1.54) is 11.1 Å². The van der Waals surface area contributed by atoms with Crippen LogP contribution in [0.15, 0.2) is 24.3 Å². The van der Waals surface area contributed by atoms with E-state index in [1.54, 1.807) is 0 Å². The zero-order chi connectivity index (χ0) is 14.8. The van der Waals surface area contributed by atoms with Crippen LogP contribution in [0.4, 0.5) is 0 Å².